The number of carbonyl (C=O) groups is 1. The van der Waals surface area contributed by atoms with Gasteiger partial charge in [0.05, 0.1) is 29.9 Å². The van der Waals surface area contributed by atoms with E-state index in [2.05, 4.69) is 16.7 Å². The summed E-state index contributed by atoms with van der Waals surface area (Å²) < 4.78 is 5.92. The summed E-state index contributed by atoms with van der Waals surface area (Å²) in [5.74, 6) is -0.540. The molecule has 0 bridgehead atoms. The number of nitriles is 1. The molecule has 6 nitrogen and oxygen atoms in total. The lowest BCUT2D eigenvalue weighted by molar-refractivity contribution is -0.0748. The van der Waals surface area contributed by atoms with Crippen LogP contribution in [0.3, 0.4) is 0 Å². The van der Waals surface area contributed by atoms with E-state index in [1.165, 1.54) is 0 Å². The van der Waals surface area contributed by atoms with Crippen molar-refractivity contribution in [3.8, 4) is 6.07 Å². The second kappa shape index (κ2) is 9.14. The van der Waals surface area contributed by atoms with Gasteiger partial charge in [0, 0.05) is 18.1 Å². The van der Waals surface area contributed by atoms with Crippen LogP contribution < -0.4 is 10.6 Å². The predicted molar refractivity (Wildman–Crippen MR) is 113 cm³/mol. The maximum atomic E-state index is 12.5. The molecular formula is C22H23N3O3S. The molecule has 3 rings (SSSR count). The lowest BCUT2D eigenvalue weighted by atomic mass is 9.74. The van der Waals surface area contributed by atoms with Crippen LogP contribution in [0.1, 0.15) is 34.8 Å². The highest BCUT2D eigenvalue weighted by atomic mass is 32.1. The topological polar surface area (TPSA) is 94.4 Å². The van der Waals surface area contributed by atoms with E-state index in [9.17, 15) is 15.2 Å². The minimum Gasteiger partial charge on any atom is -0.396 e. The van der Waals surface area contributed by atoms with Crippen molar-refractivity contribution in [3.05, 3.63) is 71.3 Å². The number of benzene rings is 2. The molecule has 2 aromatic carbocycles. The zero-order valence-corrected chi connectivity index (χ0v) is 16.9. The number of nitrogens with zero attached hydrogens (tertiary/aromatic N) is 1. The number of amides is 1. The number of hydrogen-bond donors (Lipinski definition) is 3. The van der Waals surface area contributed by atoms with E-state index in [0.29, 0.717) is 17.5 Å². The van der Waals surface area contributed by atoms with Gasteiger partial charge in [0.25, 0.3) is 5.91 Å². The lowest BCUT2D eigenvalue weighted by Gasteiger charge is -2.46. The van der Waals surface area contributed by atoms with Gasteiger partial charge in [-0.1, -0.05) is 30.3 Å². The first-order valence-corrected chi connectivity index (χ1v) is 9.81. The average molecular weight is 410 g/mol. The van der Waals surface area contributed by atoms with Crippen LogP contribution in [0.5, 0.6) is 0 Å². The van der Waals surface area contributed by atoms with Gasteiger partial charge in [-0.05, 0) is 55.4 Å². The molecule has 1 saturated heterocycles. The number of carbonyl (C=O) groups excluding carboxylic acids is 1. The Bertz CT molecular complexity index is 928. The minimum atomic E-state index is -0.866. The number of aliphatic hydroxyl groups excluding tert-OH is 1. The second-order valence-corrected chi connectivity index (χ2v) is 7.58. The molecule has 3 atom stereocenters. The quantitative estimate of drug-likeness (QED) is 0.672. The molecule has 1 aliphatic rings. The molecule has 2 aromatic rings. The molecule has 0 radical (unpaired) electrons. The highest BCUT2D eigenvalue weighted by molar-refractivity contribution is 7.80. The highest BCUT2D eigenvalue weighted by Gasteiger charge is 2.45. The first-order valence-electron chi connectivity index (χ1n) is 9.40. The summed E-state index contributed by atoms with van der Waals surface area (Å²) in [5.41, 5.74) is 0.899. The third-order valence-corrected chi connectivity index (χ3v) is 5.44. The zero-order chi connectivity index (χ0) is 20.9. The molecule has 1 heterocycles. The van der Waals surface area contributed by atoms with Crippen LogP contribution in [0, 0.1) is 17.2 Å². The van der Waals surface area contributed by atoms with Gasteiger partial charge in [-0.25, -0.2) is 0 Å². The number of nitrogens with one attached hydrogen (secondary N) is 2. The molecule has 0 spiro atoms. The highest BCUT2D eigenvalue weighted by Crippen LogP contribution is 2.38. The molecule has 1 aliphatic heterocycles. The molecule has 29 heavy (non-hydrogen) atoms. The van der Waals surface area contributed by atoms with Crippen molar-refractivity contribution in [1.29, 1.82) is 5.26 Å². The second-order valence-electron chi connectivity index (χ2n) is 7.18. The maximum Gasteiger partial charge on any atom is 0.257 e. The third-order valence-electron chi connectivity index (χ3n) is 5.24. The number of aliphatic hydroxyl groups is 1. The summed E-state index contributed by atoms with van der Waals surface area (Å²) >= 11 is 5.43. The van der Waals surface area contributed by atoms with Crippen LogP contribution in [-0.2, 0) is 10.3 Å². The van der Waals surface area contributed by atoms with Crippen molar-refractivity contribution < 1.29 is 14.6 Å². The van der Waals surface area contributed by atoms with E-state index in [-0.39, 0.29) is 36.3 Å². The number of ether oxygens (including phenoxy) is 1. The fourth-order valence-corrected chi connectivity index (χ4v) is 3.96. The van der Waals surface area contributed by atoms with Crippen LogP contribution in [-0.4, -0.2) is 35.4 Å². The normalized spacial score (nSPS) is 23.6. The third kappa shape index (κ3) is 4.62. The lowest BCUT2D eigenvalue weighted by Crippen LogP contribution is -2.61. The Labute approximate surface area is 175 Å². The Balaban J connectivity index is 1.90. The van der Waals surface area contributed by atoms with Gasteiger partial charge >= 0.3 is 0 Å². The summed E-state index contributed by atoms with van der Waals surface area (Å²) in [4.78, 5) is 12.5. The zero-order valence-electron chi connectivity index (χ0n) is 16.1. The largest absolute Gasteiger partial charge is 0.396 e. The molecule has 0 saturated carbocycles. The van der Waals surface area contributed by atoms with Gasteiger partial charge < -0.3 is 15.2 Å². The van der Waals surface area contributed by atoms with Gasteiger partial charge in [-0.15, -0.1) is 0 Å². The van der Waals surface area contributed by atoms with Crippen LogP contribution in [0.25, 0.3) is 0 Å². The standard InChI is InChI=1S/C22H23N3O3S/c1-15-10-19(13-26)22(14-28-15,18-9-5-6-16(11-18)12-23)25-21(29)24-20(27)17-7-3-2-4-8-17/h2-9,11,15,19,26H,10,13-14H2,1H3,(H2,24,25,27,29)/t15-,19-,22+/m0/s1. The summed E-state index contributed by atoms with van der Waals surface area (Å²) in [6, 6.07) is 18.1. The maximum absolute atomic E-state index is 12.5. The first kappa shape index (κ1) is 20.9. The van der Waals surface area contributed by atoms with E-state index in [0.717, 1.165) is 5.56 Å². The van der Waals surface area contributed by atoms with Gasteiger partial charge in [0.2, 0.25) is 0 Å². The molecule has 150 valence electrons. The van der Waals surface area contributed by atoms with E-state index in [4.69, 9.17) is 17.0 Å². The van der Waals surface area contributed by atoms with Gasteiger partial charge in [-0.3, -0.25) is 10.1 Å². The Morgan fingerprint density at radius 1 is 1.31 bits per heavy atom. The SMILES string of the molecule is C[C@H]1C[C@@H](CO)[C@](NC(=S)NC(=O)c2ccccc2)(c2cccc(C#N)c2)CO1. The number of thiocarbonyl (C=S) groups is 1. The number of rotatable bonds is 4. The molecule has 1 fully saturated rings. The van der Waals surface area contributed by atoms with Gasteiger partial charge in [-0.2, -0.15) is 5.26 Å². The molecule has 0 aliphatic carbocycles. The van der Waals surface area contributed by atoms with Crippen molar-refractivity contribution in [2.24, 2.45) is 5.92 Å². The first-order chi connectivity index (χ1) is 14.0. The van der Waals surface area contributed by atoms with Gasteiger partial charge in [0.15, 0.2) is 5.11 Å². The van der Waals surface area contributed by atoms with Crippen molar-refractivity contribution >= 4 is 23.2 Å². The van der Waals surface area contributed by atoms with Crippen molar-refractivity contribution in [2.75, 3.05) is 13.2 Å². The summed E-state index contributed by atoms with van der Waals surface area (Å²) in [6.07, 6.45) is 0.587. The Hall–Kier alpha value is -2.79. The van der Waals surface area contributed by atoms with Gasteiger partial charge in [0.1, 0.15) is 0 Å². The fourth-order valence-electron chi connectivity index (χ4n) is 3.69. The van der Waals surface area contributed by atoms with E-state index in [1.807, 2.05) is 19.1 Å². The summed E-state index contributed by atoms with van der Waals surface area (Å²) in [5, 5.41) is 25.5. The van der Waals surface area contributed by atoms with E-state index >= 15 is 0 Å². The summed E-state index contributed by atoms with van der Waals surface area (Å²) in [6.45, 7) is 2.11. The monoisotopic (exact) mass is 409 g/mol. The molecule has 1 amide bonds. The van der Waals surface area contributed by atoms with E-state index < -0.39 is 5.54 Å². The molecule has 0 aromatic heterocycles. The van der Waals surface area contributed by atoms with Crippen LogP contribution >= 0.6 is 12.2 Å². The Morgan fingerprint density at radius 2 is 2.07 bits per heavy atom. The predicted octanol–water partition coefficient (Wildman–Crippen LogP) is 2.48. The molecular weight excluding hydrogens is 386 g/mol. The Kier molecular flexibility index (Phi) is 6.60. The van der Waals surface area contributed by atoms with E-state index in [1.54, 1.807) is 42.5 Å². The fraction of sp³-hybridized carbons (Fsp3) is 0.318. The summed E-state index contributed by atoms with van der Waals surface area (Å²) in [7, 11) is 0. The van der Waals surface area contributed by atoms with Crippen molar-refractivity contribution in [3.63, 3.8) is 0 Å². The van der Waals surface area contributed by atoms with Crippen LogP contribution in [0.4, 0.5) is 0 Å². The smallest absolute Gasteiger partial charge is 0.257 e. The molecule has 7 heteroatoms. The van der Waals surface area contributed by atoms with Crippen LogP contribution in [0.2, 0.25) is 0 Å². The van der Waals surface area contributed by atoms with Crippen LogP contribution in [0.15, 0.2) is 54.6 Å². The molecule has 3 N–H and O–H groups in total. The molecule has 0 unspecified atom stereocenters. The van der Waals surface area contributed by atoms with Crippen molar-refractivity contribution in [1.82, 2.24) is 10.6 Å². The number of hydrogen-bond acceptors (Lipinski definition) is 5. The average Bonchev–Trinajstić information content (AvgIpc) is 2.75. The van der Waals surface area contributed by atoms with Crippen molar-refractivity contribution in [2.45, 2.75) is 25.0 Å². The Morgan fingerprint density at radius 3 is 2.76 bits per heavy atom. The minimum absolute atomic E-state index is 0.0197.